The van der Waals surface area contributed by atoms with Gasteiger partial charge in [0.25, 0.3) is 0 Å². The van der Waals surface area contributed by atoms with Gasteiger partial charge in [-0.05, 0) is 49.8 Å². The molecule has 1 saturated carbocycles. The summed E-state index contributed by atoms with van der Waals surface area (Å²) in [5.41, 5.74) is 1.35. The number of rotatable bonds is 4. The molecule has 2 rings (SSSR count). The normalized spacial score (nSPS) is 28.3. The van der Waals surface area contributed by atoms with Crippen molar-refractivity contribution < 1.29 is 4.74 Å². The van der Waals surface area contributed by atoms with E-state index in [0.29, 0.717) is 6.04 Å². The molecule has 0 saturated heterocycles. The van der Waals surface area contributed by atoms with E-state index in [2.05, 4.69) is 37.5 Å². The Morgan fingerprint density at radius 2 is 2.06 bits per heavy atom. The number of hydrogen-bond acceptors (Lipinski definition) is 2. The Hall–Kier alpha value is -1.02. The number of nitrogens with one attached hydrogen (secondary N) is 1. The molecule has 0 heterocycles. The fraction of sp³-hybridized carbons (Fsp3) is 0.600. The maximum absolute atomic E-state index is 5.43. The van der Waals surface area contributed by atoms with Crippen LogP contribution in [0.3, 0.4) is 0 Å². The minimum Gasteiger partial charge on any atom is -0.496 e. The molecule has 3 unspecified atom stereocenters. The van der Waals surface area contributed by atoms with Gasteiger partial charge >= 0.3 is 0 Å². The van der Waals surface area contributed by atoms with Gasteiger partial charge in [-0.3, -0.25) is 0 Å². The van der Waals surface area contributed by atoms with Crippen molar-refractivity contribution in [1.82, 2.24) is 5.32 Å². The van der Waals surface area contributed by atoms with Crippen molar-refractivity contribution in [2.45, 2.75) is 32.2 Å². The van der Waals surface area contributed by atoms with E-state index >= 15 is 0 Å². The highest BCUT2D eigenvalue weighted by Crippen LogP contribution is 2.35. The Bertz CT molecular complexity index is 364. The van der Waals surface area contributed by atoms with Crippen LogP contribution in [0.15, 0.2) is 24.3 Å². The summed E-state index contributed by atoms with van der Waals surface area (Å²) in [6.07, 6.45) is 3.77. The van der Waals surface area contributed by atoms with Gasteiger partial charge in [0.05, 0.1) is 7.11 Å². The summed E-state index contributed by atoms with van der Waals surface area (Å²) in [6.45, 7) is 2.37. The van der Waals surface area contributed by atoms with Crippen molar-refractivity contribution in [2.24, 2.45) is 11.8 Å². The lowest BCUT2D eigenvalue weighted by Crippen LogP contribution is -2.29. The van der Waals surface area contributed by atoms with Crippen LogP contribution >= 0.6 is 0 Å². The van der Waals surface area contributed by atoms with Crippen LogP contribution in [0, 0.1) is 11.8 Å². The molecule has 1 aliphatic rings. The Labute approximate surface area is 104 Å². The summed E-state index contributed by atoms with van der Waals surface area (Å²) >= 11 is 0. The summed E-state index contributed by atoms with van der Waals surface area (Å²) < 4.78 is 5.43. The minimum absolute atomic E-state index is 0.690. The van der Waals surface area contributed by atoms with Crippen molar-refractivity contribution in [3.8, 4) is 5.75 Å². The second kappa shape index (κ2) is 5.54. The van der Waals surface area contributed by atoms with Crippen LogP contribution < -0.4 is 10.1 Å². The zero-order valence-electron chi connectivity index (χ0n) is 11.1. The lowest BCUT2D eigenvalue weighted by molar-refractivity contribution is 0.355. The molecule has 0 aliphatic heterocycles. The molecule has 0 spiro atoms. The molecule has 2 nitrogen and oxygen atoms in total. The SMILES string of the molecule is CNC1CCC(Cc2ccccc2OC)C1C. The largest absolute Gasteiger partial charge is 0.496 e. The van der Waals surface area contributed by atoms with Gasteiger partial charge in [0.2, 0.25) is 0 Å². The van der Waals surface area contributed by atoms with Crippen LogP contribution in [0.2, 0.25) is 0 Å². The van der Waals surface area contributed by atoms with Gasteiger partial charge in [0.1, 0.15) is 5.75 Å². The van der Waals surface area contributed by atoms with Gasteiger partial charge in [-0.2, -0.15) is 0 Å². The average Bonchev–Trinajstić information content (AvgIpc) is 2.71. The summed E-state index contributed by atoms with van der Waals surface area (Å²) in [5.74, 6) is 2.57. The van der Waals surface area contributed by atoms with Crippen LogP contribution in [0.4, 0.5) is 0 Å². The Balaban J connectivity index is 2.06. The van der Waals surface area contributed by atoms with E-state index in [4.69, 9.17) is 4.74 Å². The van der Waals surface area contributed by atoms with Gasteiger partial charge in [-0.15, -0.1) is 0 Å². The van der Waals surface area contributed by atoms with Crippen molar-refractivity contribution in [3.05, 3.63) is 29.8 Å². The summed E-state index contributed by atoms with van der Waals surface area (Å²) in [6, 6.07) is 9.08. The first kappa shape index (κ1) is 12.4. The molecule has 0 amide bonds. The lowest BCUT2D eigenvalue weighted by Gasteiger charge is -2.21. The Morgan fingerprint density at radius 1 is 1.29 bits per heavy atom. The van der Waals surface area contributed by atoms with Gasteiger partial charge in [0, 0.05) is 6.04 Å². The standard InChI is InChI=1S/C15H23NO/c1-11-12(8-9-14(11)16-2)10-13-6-4-5-7-15(13)17-3/h4-7,11-12,14,16H,8-10H2,1-3H3. The first-order chi connectivity index (χ1) is 8.26. The second-order valence-corrected chi connectivity index (χ2v) is 5.11. The van der Waals surface area contributed by atoms with Crippen LogP contribution in [-0.2, 0) is 6.42 Å². The van der Waals surface area contributed by atoms with Crippen LogP contribution in [-0.4, -0.2) is 20.2 Å². The number of ether oxygens (including phenoxy) is 1. The monoisotopic (exact) mass is 233 g/mol. The predicted molar refractivity (Wildman–Crippen MR) is 71.4 cm³/mol. The molecule has 0 bridgehead atoms. The molecule has 0 aromatic heterocycles. The number of methoxy groups -OCH3 is 1. The molecular weight excluding hydrogens is 210 g/mol. The van der Waals surface area contributed by atoms with Crippen LogP contribution in [0.1, 0.15) is 25.3 Å². The van der Waals surface area contributed by atoms with Gasteiger partial charge in [-0.1, -0.05) is 25.1 Å². The van der Waals surface area contributed by atoms with Crippen molar-refractivity contribution in [3.63, 3.8) is 0 Å². The van der Waals surface area contributed by atoms with E-state index < -0.39 is 0 Å². The van der Waals surface area contributed by atoms with E-state index in [1.807, 2.05) is 6.07 Å². The third kappa shape index (κ3) is 2.63. The minimum atomic E-state index is 0.690. The molecular formula is C15H23NO. The van der Waals surface area contributed by atoms with E-state index in [1.54, 1.807) is 7.11 Å². The molecule has 1 aliphatic carbocycles. The molecule has 1 N–H and O–H groups in total. The fourth-order valence-corrected chi connectivity index (χ4v) is 3.10. The molecule has 1 aromatic rings. The lowest BCUT2D eigenvalue weighted by atomic mass is 9.89. The highest BCUT2D eigenvalue weighted by molar-refractivity contribution is 5.33. The van der Waals surface area contributed by atoms with Crippen molar-refractivity contribution in [1.29, 1.82) is 0 Å². The average molecular weight is 233 g/mol. The quantitative estimate of drug-likeness (QED) is 0.863. The first-order valence-corrected chi connectivity index (χ1v) is 6.55. The molecule has 1 fully saturated rings. The van der Waals surface area contributed by atoms with Crippen molar-refractivity contribution >= 4 is 0 Å². The summed E-state index contributed by atoms with van der Waals surface area (Å²) in [5, 5.41) is 3.43. The third-order valence-corrected chi connectivity index (χ3v) is 4.27. The molecule has 2 heteroatoms. The topological polar surface area (TPSA) is 21.3 Å². The predicted octanol–water partition coefficient (Wildman–Crippen LogP) is 2.87. The highest BCUT2D eigenvalue weighted by Gasteiger charge is 2.31. The van der Waals surface area contributed by atoms with Crippen molar-refractivity contribution in [2.75, 3.05) is 14.2 Å². The zero-order valence-corrected chi connectivity index (χ0v) is 11.1. The smallest absolute Gasteiger partial charge is 0.122 e. The second-order valence-electron chi connectivity index (χ2n) is 5.11. The maximum atomic E-state index is 5.43. The van der Waals surface area contributed by atoms with Crippen LogP contribution in [0.5, 0.6) is 5.75 Å². The molecule has 17 heavy (non-hydrogen) atoms. The van der Waals surface area contributed by atoms with E-state index in [-0.39, 0.29) is 0 Å². The maximum Gasteiger partial charge on any atom is 0.122 e. The number of hydrogen-bond donors (Lipinski definition) is 1. The number of para-hydroxylation sites is 1. The number of benzene rings is 1. The molecule has 1 aromatic carbocycles. The van der Waals surface area contributed by atoms with E-state index in [1.165, 1.54) is 18.4 Å². The van der Waals surface area contributed by atoms with Crippen LogP contribution in [0.25, 0.3) is 0 Å². The van der Waals surface area contributed by atoms with E-state index in [0.717, 1.165) is 24.0 Å². The van der Waals surface area contributed by atoms with Gasteiger partial charge in [0.15, 0.2) is 0 Å². The zero-order chi connectivity index (χ0) is 12.3. The summed E-state index contributed by atoms with van der Waals surface area (Å²) in [7, 11) is 3.83. The highest BCUT2D eigenvalue weighted by atomic mass is 16.5. The first-order valence-electron chi connectivity index (χ1n) is 6.55. The van der Waals surface area contributed by atoms with E-state index in [9.17, 15) is 0 Å². The molecule has 0 radical (unpaired) electrons. The molecule has 3 atom stereocenters. The van der Waals surface area contributed by atoms with Gasteiger partial charge < -0.3 is 10.1 Å². The molecule has 94 valence electrons. The third-order valence-electron chi connectivity index (χ3n) is 4.27. The van der Waals surface area contributed by atoms with Gasteiger partial charge in [-0.25, -0.2) is 0 Å². The Kier molecular flexibility index (Phi) is 4.06. The summed E-state index contributed by atoms with van der Waals surface area (Å²) in [4.78, 5) is 0. The Morgan fingerprint density at radius 3 is 2.71 bits per heavy atom. The fourth-order valence-electron chi connectivity index (χ4n) is 3.10.